The lowest BCUT2D eigenvalue weighted by molar-refractivity contribution is -0.143. The number of carbonyl (C=O) groups excluding carboxylic acids is 8. The van der Waals surface area contributed by atoms with Crippen molar-refractivity contribution in [2.45, 2.75) is 162 Å². The number of carbonyl (C=O) groups is 9. The van der Waals surface area contributed by atoms with Gasteiger partial charge in [-0.1, -0.05) is 110 Å². The Morgan fingerprint density at radius 2 is 0.690 bits per heavy atom. The topological polar surface area (TPSA) is 357 Å². The maximum absolute atomic E-state index is 15.0. The van der Waals surface area contributed by atoms with Gasteiger partial charge in [0.1, 0.15) is 42.3 Å². The summed E-state index contributed by atoms with van der Waals surface area (Å²) in [6.45, 7) is 14.7. The van der Waals surface area contributed by atoms with Crippen molar-refractivity contribution in [1.29, 1.82) is 0 Å². The average molecular weight is 1160 g/mol. The Morgan fingerprint density at radius 1 is 0.405 bits per heavy atom. The van der Waals surface area contributed by atoms with Crippen molar-refractivity contribution < 1.29 is 48.3 Å². The Balaban J connectivity index is 1.27. The normalized spacial score (nSPS) is 14.5. The highest BCUT2D eigenvalue weighted by Crippen LogP contribution is 2.23. The number of fused-ring (bicyclic) bond motifs is 3. The molecule has 0 spiro atoms. The van der Waals surface area contributed by atoms with Crippen molar-refractivity contribution in [3.63, 3.8) is 0 Å². The van der Waals surface area contributed by atoms with Gasteiger partial charge in [-0.15, -0.1) is 0 Å². The fraction of sp³-hybridized carbons (Fsp3) is 0.468. The zero-order chi connectivity index (χ0) is 61.4. The lowest BCUT2D eigenvalue weighted by Crippen LogP contribution is -2.61. The molecule has 0 unspecified atom stereocenters. The number of amides is 8. The summed E-state index contributed by atoms with van der Waals surface area (Å²) in [5.41, 5.74) is 16.5. The Bertz CT molecular complexity index is 3270. The summed E-state index contributed by atoms with van der Waals surface area (Å²) in [6, 6.07) is 12.3. The van der Waals surface area contributed by atoms with E-state index in [-0.39, 0.29) is 81.5 Å². The zero-order valence-electron chi connectivity index (χ0n) is 49.2. The van der Waals surface area contributed by atoms with Gasteiger partial charge in [0.25, 0.3) is 0 Å². The van der Waals surface area contributed by atoms with E-state index < -0.39 is 102 Å². The monoisotopic (exact) mass is 1160 g/mol. The van der Waals surface area contributed by atoms with Gasteiger partial charge in [-0.2, -0.15) is 0 Å². The molecular formula is C62H84N12O10. The van der Waals surface area contributed by atoms with E-state index in [1.54, 1.807) is 32.4 Å². The van der Waals surface area contributed by atoms with Crippen LogP contribution in [0.5, 0.6) is 0 Å². The van der Waals surface area contributed by atoms with Crippen LogP contribution in [0.2, 0.25) is 0 Å². The number of para-hydroxylation sites is 3. The summed E-state index contributed by atoms with van der Waals surface area (Å²) >= 11 is 0. The molecule has 0 aliphatic heterocycles. The number of H-pyrrole nitrogens is 3. The van der Waals surface area contributed by atoms with Crippen LogP contribution in [0.25, 0.3) is 32.7 Å². The second-order valence-corrected chi connectivity index (χ2v) is 23.6. The van der Waals surface area contributed by atoms with Gasteiger partial charge < -0.3 is 68.7 Å². The van der Waals surface area contributed by atoms with Crippen LogP contribution in [0, 0.1) is 23.7 Å². The first kappa shape index (κ1) is 64.6. The van der Waals surface area contributed by atoms with Gasteiger partial charge in [0.05, 0.1) is 6.04 Å². The number of hydrogen-bond donors (Lipinski definition) is 13. The Morgan fingerprint density at radius 3 is 1.05 bits per heavy atom. The predicted octanol–water partition coefficient (Wildman–Crippen LogP) is 4.41. The Labute approximate surface area is 489 Å². The predicted molar refractivity (Wildman–Crippen MR) is 321 cm³/mol. The highest BCUT2D eigenvalue weighted by atomic mass is 16.4. The van der Waals surface area contributed by atoms with E-state index in [4.69, 9.17) is 11.5 Å². The lowest BCUT2D eigenvalue weighted by atomic mass is 9.98. The number of nitrogens with one attached hydrogen (secondary N) is 10. The molecule has 0 aliphatic rings. The van der Waals surface area contributed by atoms with Crippen LogP contribution in [0.15, 0.2) is 91.4 Å². The minimum Gasteiger partial charge on any atom is -0.480 e. The van der Waals surface area contributed by atoms with Crippen molar-refractivity contribution in [3.8, 4) is 0 Å². The number of hydrogen-bond acceptors (Lipinski definition) is 10. The largest absolute Gasteiger partial charge is 0.480 e. The van der Waals surface area contributed by atoms with Crippen molar-refractivity contribution in [3.05, 3.63) is 108 Å². The highest BCUT2D eigenvalue weighted by molar-refractivity contribution is 5.99. The molecule has 0 radical (unpaired) electrons. The third-order valence-electron chi connectivity index (χ3n) is 14.6. The fourth-order valence-corrected chi connectivity index (χ4v) is 10.4. The second-order valence-electron chi connectivity index (χ2n) is 23.6. The molecule has 0 fully saturated rings. The van der Waals surface area contributed by atoms with E-state index in [1.807, 2.05) is 114 Å². The van der Waals surface area contributed by atoms with Gasteiger partial charge >= 0.3 is 5.97 Å². The number of aromatic nitrogens is 3. The van der Waals surface area contributed by atoms with Crippen LogP contribution in [0.4, 0.5) is 0 Å². The molecule has 3 heterocycles. The van der Waals surface area contributed by atoms with Crippen LogP contribution in [-0.4, -0.2) is 122 Å². The van der Waals surface area contributed by atoms with Gasteiger partial charge in [-0.3, -0.25) is 38.4 Å². The summed E-state index contributed by atoms with van der Waals surface area (Å²) in [6.07, 6.45) is 5.13. The second kappa shape index (κ2) is 30.1. The molecule has 22 heteroatoms. The smallest absolute Gasteiger partial charge is 0.326 e. The summed E-state index contributed by atoms with van der Waals surface area (Å²) < 4.78 is 0. The van der Waals surface area contributed by atoms with Crippen molar-refractivity contribution >= 4 is 85.9 Å². The van der Waals surface area contributed by atoms with E-state index in [0.29, 0.717) is 11.1 Å². The van der Waals surface area contributed by atoms with E-state index in [0.717, 1.165) is 38.3 Å². The molecule has 15 N–H and O–H groups in total. The molecular weight excluding hydrogens is 1070 g/mol. The molecule has 0 saturated heterocycles. The number of aliphatic carboxylic acids is 1. The molecule has 6 aromatic rings. The van der Waals surface area contributed by atoms with Crippen LogP contribution < -0.4 is 48.7 Å². The molecule has 0 bridgehead atoms. The van der Waals surface area contributed by atoms with Crippen LogP contribution >= 0.6 is 0 Å². The van der Waals surface area contributed by atoms with Crippen LogP contribution in [-0.2, 0) is 62.4 Å². The van der Waals surface area contributed by atoms with E-state index in [1.165, 1.54) is 0 Å². The van der Waals surface area contributed by atoms with Crippen LogP contribution in [0.3, 0.4) is 0 Å². The number of nitrogens with two attached hydrogens (primary N) is 2. The highest BCUT2D eigenvalue weighted by Gasteiger charge is 2.36. The van der Waals surface area contributed by atoms with Gasteiger partial charge in [0, 0.05) is 70.6 Å². The lowest BCUT2D eigenvalue weighted by Gasteiger charge is -2.29. The van der Waals surface area contributed by atoms with Gasteiger partial charge in [0.2, 0.25) is 47.3 Å². The quantitative estimate of drug-likeness (QED) is 0.0280. The first-order chi connectivity index (χ1) is 39.9. The molecule has 452 valence electrons. The number of aromatic amines is 3. The molecule has 22 nitrogen and oxygen atoms in total. The molecule has 6 rings (SSSR count). The van der Waals surface area contributed by atoms with Crippen LogP contribution in [0.1, 0.15) is 111 Å². The number of benzene rings is 3. The molecule has 3 aromatic heterocycles. The first-order valence-corrected chi connectivity index (χ1v) is 28.9. The maximum atomic E-state index is 15.0. The number of carboxylic acid groups (broad SMARTS) is 1. The molecule has 0 aliphatic carbocycles. The van der Waals surface area contributed by atoms with Crippen molar-refractivity contribution in [2.75, 3.05) is 0 Å². The van der Waals surface area contributed by atoms with Crippen molar-refractivity contribution in [1.82, 2.24) is 52.2 Å². The molecule has 3 aromatic carbocycles. The SMILES string of the molecule is CC(C)C[C@H](NC(=O)[C@H](CCC(N)=O)NC(=O)[C@H](CC(C)C)NC(=O)[C@H](Cc1c[nH]c2ccccc12)NC(=O)[C@H](CC(C)C)NC(=O)[C@H](Cc1c[nH]c2ccccc12)NC(=O)[C@H](CC(C)C)NC(=O)[C@@H](N)Cc1c[nH]c2ccccc12)C(=O)O. The zero-order valence-corrected chi connectivity index (χ0v) is 49.2. The van der Waals surface area contributed by atoms with E-state index in [9.17, 15) is 48.3 Å². The molecule has 8 amide bonds. The minimum atomic E-state index is -1.42. The molecule has 0 saturated carbocycles. The molecule has 8 atom stereocenters. The summed E-state index contributed by atoms with van der Waals surface area (Å²) in [5, 5.41) is 31.8. The molecule has 84 heavy (non-hydrogen) atoms. The standard InChI is InChI=1S/C62H84N12O10/c1-33(2)23-48(69-55(76)43(63)27-37-30-65-44-18-12-9-15-40(37)44)58(79)72-51(28-38-31-66-45-19-13-10-16-41(38)45)61(82)71-50(25-35(5)6)59(80)73-52(29-39-32-67-46-20-14-11-17-42(39)46)60(81)70-49(24-34(3)4)57(78)68-47(21-22-54(64)75)56(77)74-53(62(83)84)26-36(7)8/h9-20,30-36,43,47-53,65-67H,21-29,63H2,1-8H3,(H2,64,75)(H,68,78)(H,69,76)(H,70,81)(H,71,82)(H,72,79)(H,73,80)(H,74,77)(H,83,84)/t43-,47-,48-,49-,50-,51-,52-,53-/m0/s1. The van der Waals surface area contributed by atoms with Gasteiger partial charge in [0.15, 0.2) is 0 Å². The minimum absolute atomic E-state index is 0.0337. The average Bonchev–Trinajstić information content (AvgIpc) is 4.18. The summed E-state index contributed by atoms with van der Waals surface area (Å²) in [5.74, 6) is -7.79. The Kier molecular flexibility index (Phi) is 23.2. The van der Waals surface area contributed by atoms with Crippen molar-refractivity contribution in [2.24, 2.45) is 35.1 Å². The van der Waals surface area contributed by atoms with E-state index >= 15 is 0 Å². The number of rotatable bonds is 32. The Hall–Kier alpha value is -8.53. The maximum Gasteiger partial charge on any atom is 0.326 e. The number of carboxylic acids is 1. The fourth-order valence-electron chi connectivity index (χ4n) is 10.4. The third-order valence-corrected chi connectivity index (χ3v) is 14.6. The third kappa shape index (κ3) is 18.5. The summed E-state index contributed by atoms with van der Waals surface area (Å²) in [4.78, 5) is 135. The summed E-state index contributed by atoms with van der Waals surface area (Å²) in [7, 11) is 0. The number of primary amides is 1. The first-order valence-electron chi connectivity index (χ1n) is 28.9. The van der Waals surface area contributed by atoms with Gasteiger partial charge in [-0.05, 0) is 97.1 Å². The van der Waals surface area contributed by atoms with E-state index in [2.05, 4.69) is 52.2 Å². The van der Waals surface area contributed by atoms with Gasteiger partial charge in [-0.25, -0.2) is 4.79 Å².